The van der Waals surface area contributed by atoms with E-state index >= 15 is 0 Å². The molecule has 184 valence electrons. The summed E-state index contributed by atoms with van der Waals surface area (Å²) in [5.41, 5.74) is 3.12. The Labute approximate surface area is 204 Å². The average Bonchev–Trinajstić information content (AvgIpc) is 3.80. The van der Waals surface area contributed by atoms with Gasteiger partial charge >= 0.3 is 0 Å². The Kier molecular flexibility index (Phi) is 5.71. The molecular formula is C27H31FN4O3. The van der Waals surface area contributed by atoms with E-state index in [1.54, 1.807) is 11.0 Å². The first kappa shape index (κ1) is 22.5. The molecule has 0 bridgehead atoms. The van der Waals surface area contributed by atoms with Crippen molar-refractivity contribution in [3.8, 4) is 0 Å². The molecule has 1 aromatic heterocycles. The molecule has 2 saturated carbocycles. The van der Waals surface area contributed by atoms with E-state index in [1.807, 2.05) is 6.20 Å². The number of amides is 2. The third-order valence-corrected chi connectivity index (χ3v) is 7.85. The van der Waals surface area contributed by atoms with Crippen LogP contribution >= 0.6 is 0 Å². The van der Waals surface area contributed by atoms with Crippen LogP contribution in [0.3, 0.4) is 0 Å². The number of benzene rings is 1. The molecule has 35 heavy (non-hydrogen) atoms. The molecule has 2 saturated heterocycles. The van der Waals surface area contributed by atoms with Crippen LogP contribution in [0.1, 0.15) is 71.8 Å². The quantitative estimate of drug-likeness (QED) is 0.689. The maximum atomic E-state index is 15.0. The minimum Gasteiger partial charge on any atom is -0.394 e. The molecule has 2 aromatic rings. The van der Waals surface area contributed by atoms with E-state index in [0.717, 1.165) is 5.82 Å². The summed E-state index contributed by atoms with van der Waals surface area (Å²) >= 11 is 0. The molecule has 0 unspecified atom stereocenters. The maximum Gasteiger partial charge on any atom is 0.256 e. The van der Waals surface area contributed by atoms with Crippen molar-refractivity contribution in [2.75, 3.05) is 42.6 Å². The van der Waals surface area contributed by atoms with Crippen molar-refractivity contribution in [1.82, 2.24) is 9.88 Å². The van der Waals surface area contributed by atoms with E-state index in [1.165, 1.54) is 53.8 Å². The Morgan fingerprint density at radius 2 is 1.77 bits per heavy atom. The van der Waals surface area contributed by atoms with Gasteiger partial charge in [0.25, 0.3) is 5.91 Å². The average molecular weight is 479 g/mol. The lowest BCUT2D eigenvalue weighted by Gasteiger charge is -2.36. The summed E-state index contributed by atoms with van der Waals surface area (Å²) in [5, 5.41) is 9.54. The van der Waals surface area contributed by atoms with E-state index in [-0.39, 0.29) is 30.0 Å². The van der Waals surface area contributed by atoms with Crippen molar-refractivity contribution in [2.45, 2.75) is 56.4 Å². The molecule has 2 aliphatic heterocycles. The van der Waals surface area contributed by atoms with Gasteiger partial charge < -0.3 is 19.8 Å². The van der Waals surface area contributed by atoms with Gasteiger partial charge in [-0.1, -0.05) is 6.07 Å². The molecule has 1 aromatic carbocycles. The smallest absolute Gasteiger partial charge is 0.256 e. The van der Waals surface area contributed by atoms with Crippen molar-refractivity contribution in [3.05, 3.63) is 53.0 Å². The number of aromatic nitrogens is 1. The predicted molar refractivity (Wildman–Crippen MR) is 130 cm³/mol. The van der Waals surface area contributed by atoms with Crippen LogP contribution in [0.5, 0.6) is 0 Å². The topological polar surface area (TPSA) is 77.0 Å². The zero-order chi connectivity index (χ0) is 24.1. The van der Waals surface area contributed by atoms with E-state index in [0.29, 0.717) is 56.5 Å². The van der Waals surface area contributed by atoms with Crippen LogP contribution in [0.2, 0.25) is 0 Å². The van der Waals surface area contributed by atoms with Crippen LogP contribution in [0.4, 0.5) is 15.9 Å². The Hall–Kier alpha value is -3.00. The monoisotopic (exact) mass is 478 g/mol. The van der Waals surface area contributed by atoms with Crippen molar-refractivity contribution in [1.29, 1.82) is 0 Å². The van der Waals surface area contributed by atoms with Gasteiger partial charge in [-0.25, -0.2) is 9.37 Å². The third-order valence-electron chi connectivity index (χ3n) is 7.85. The van der Waals surface area contributed by atoms with Crippen LogP contribution in [0.15, 0.2) is 30.5 Å². The molecule has 4 fully saturated rings. The number of aliphatic hydroxyl groups is 1. The molecule has 1 N–H and O–H groups in total. The number of rotatable bonds is 6. The fourth-order valence-corrected chi connectivity index (χ4v) is 5.48. The summed E-state index contributed by atoms with van der Waals surface area (Å²) < 4.78 is 15.0. The summed E-state index contributed by atoms with van der Waals surface area (Å²) in [6, 6.07) is 6.32. The molecule has 2 aliphatic carbocycles. The third kappa shape index (κ3) is 4.29. The Morgan fingerprint density at radius 1 is 1.03 bits per heavy atom. The lowest BCUT2D eigenvalue weighted by molar-refractivity contribution is -0.117. The first-order chi connectivity index (χ1) is 17.0. The van der Waals surface area contributed by atoms with Crippen LogP contribution in [-0.4, -0.2) is 65.6 Å². The SMILES string of the molecule is O=C(c1ccc(N2C(=O)CC[C@H]2CO)cc1F)N1CCN(c2ncc(C3CC3)cc2C2CC2)CC1. The number of nitrogens with zero attached hydrogens (tertiary/aromatic N) is 4. The van der Waals surface area contributed by atoms with E-state index in [9.17, 15) is 19.1 Å². The standard InChI is InChI=1S/C27H31FN4O3/c28-24-14-20(32-21(16-33)6-8-25(32)34)5-7-22(24)27(35)31-11-9-30(10-12-31)26-23(18-3-4-18)13-19(15-29-26)17-1-2-17/h5,7,13-15,17-18,21,33H,1-4,6,8-12,16H2/t21-/m0/s1. The number of carbonyl (C=O) groups is 2. The maximum absolute atomic E-state index is 15.0. The second-order valence-electron chi connectivity index (χ2n) is 10.3. The fraction of sp³-hybridized carbons (Fsp3) is 0.519. The number of anilines is 2. The largest absolute Gasteiger partial charge is 0.394 e. The first-order valence-corrected chi connectivity index (χ1v) is 12.8. The first-order valence-electron chi connectivity index (χ1n) is 12.8. The van der Waals surface area contributed by atoms with Crippen LogP contribution in [0.25, 0.3) is 0 Å². The Bertz CT molecular complexity index is 1160. The fourth-order valence-electron chi connectivity index (χ4n) is 5.48. The van der Waals surface area contributed by atoms with Gasteiger partial charge in [-0.2, -0.15) is 0 Å². The lowest BCUT2D eigenvalue weighted by Crippen LogP contribution is -2.49. The number of carbonyl (C=O) groups excluding carboxylic acids is 2. The molecule has 1 atom stereocenters. The van der Waals surface area contributed by atoms with Gasteiger partial charge in [-0.3, -0.25) is 9.59 Å². The highest BCUT2D eigenvalue weighted by molar-refractivity contribution is 5.98. The van der Waals surface area contributed by atoms with Crippen molar-refractivity contribution >= 4 is 23.3 Å². The van der Waals surface area contributed by atoms with Gasteiger partial charge in [0.15, 0.2) is 0 Å². The minimum absolute atomic E-state index is 0.0139. The number of hydrogen-bond donors (Lipinski definition) is 1. The number of aliphatic hydroxyl groups excluding tert-OH is 1. The molecule has 8 heteroatoms. The van der Waals surface area contributed by atoms with Crippen LogP contribution in [0, 0.1) is 5.82 Å². The molecule has 6 rings (SSSR count). The zero-order valence-electron chi connectivity index (χ0n) is 19.8. The van der Waals surface area contributed by atoms with Crippen molar-refractivity contribution in [3.63, 3.8) is 0 Å². The molecule has 0 spiro atoms. The second-order valence-corrected chi connectivity index (χ2v) is 10.3. The van der Waals surface area contributed by atoms with Gasteiger partial charge in [0.1, 0.15) is 11.6 Å². The number of halogens is 1. The molecular weight excluding hydrogens is 447 g/mol. The number of pyridine rings is 1. The van der Waals surface area contributed by atoms with E-state index < -0.39 is 5.82 Å². The number of hydrogen-bond acceptors (Lipinski definition) is 5. The van der Waals surface area contributed by atoms with E-state index in [2.05, 4.69) is 11.0 Å². The van der Waals surface area contributed by atoms with Gasteiger partial charge in [-0.05, 0) is 73.3 Å². The Balaban J connectivity index is 1.14. The van der Waals surface area contributed by atoms with Gasteiger partial charge in [0.2, 0.25) is 5.91 Å². The molecule has 0 radical (unpaired) electrons. The van der Waals surface area contributed by atoms with Crippen molar-refractivity contribution < 1.29 is 19.1 Å². The van der Waals surface area contributed by atoms with Gasteiger partial charge in [0.05, 0.1) is 18.2 Å². The highest BCUT2D eigenvalue weighted by atomic mass is 19.1. The summed E-state index contributed by atoms with van der Waals surface area (Å²) in [7, 11) is 0. The lowest BCUT2D eigenvalue weighted by atomic mass is 10.1. The molecule has 7 nitrogen and oxygen atoms in total. The number of piperazine rings is 1. The van der Waals surface area contributed by atoms with E-state index in [4.69, 9.17) is 4.98 Å². The highest BCUT2D eigenvalue weighted by Crippen LogP contribution is 2.47. The Morgan fingerprint density at radius 3 is 2.43 bits per heavy atom. The molecule has 4 aliphatic rings. The molecule has 2 amide bonds. The summed E-state index contributed by atoms with van der Waals surface area (Å²) in [4.78, 5) is 35.6. The van der Waals surface area contributed by atoms with Crippen LogP contribution < -0.4 is 9.80 Å². The minimum atomic E-state index is -0.639. The summed E-state index contributed by atoms with van der Waals surface area (Å²) in [6.45, 7) is 2.18. The van der Waals surface area contributed by atoms with Gasteiger partial charge in [-0.15, -0.1) is 0 Å². The summed E-state index contributed by atoms with van der Waals surface area (Å²) in [6.07, 6.45) is 7.87. The zero-order valence-corrected chi connectivity index (χ0v) is 19.8. The normalized spacial score (nSPS) is 22.7. The van der Waals surface area contributed by atoms with Gasteiger partial charge in [0, 0.05) is 44.5 Å². The molecule has 3 heterocycles. The predicted octanol–water partition coefficient (Wildman–Crippen LogP) is 3.43. The van der Waals surface area contributed by atoms with Crippen LogP contribution in [-0.2, 0) is 4.79 Å². The highest BCUT2D eigenvalue weighted by Gasteiger charge is 2.34. The second kappa shape index (κ2) is 8.90. The summed E-state index contributed by atoms with van der Waals surface area (Å²) in [5.74, 6) is 1.23. The van der Waals surface area contributed by atoms with Crippen molar-refractivity contribution in [2.24, 2.45) is 0 Å².